The monoisotopic (exact) mass is 369 g/mol. The van der Waals surface area contributed by atoms with Crippen LogP contribution in [0.5, 0.6) is 0 Å². The van der Waals surface area contributed by atoms with Gasteiger partial charge in [0, 0.05) is 35.8 Å². The Bertz CT molecular complexity index is 953. The quantitative estimate of drug-likeness (QED) is 0.741. The van der Waals surface area contributed by atoms with Crippen LogP contribution in [0.2, 0.25) is 5.02 Å². The number of aryl methyl sites for hydroxylation is 1. The minimum Gasteiger partial charge on any atom is -0.423 e. The number of halogens is 1. The Morgan fingerprint density at radius 2 is 2.19 bits per heavy atom. The Balaban J connectivity index is 1.45. The molecule has 1 atom stereocenters. The smallest absolute Gasteiger partial charge is 0.295 e. The summed E-state index contributed by atoms with van der Waals surface area (Å²) in [6.07, 6.45) is 1.71. The number of carbonyl (C=O) groups excluding carboxylic acids is 1. The van der Waals surface area contributed by atoms with Crippen molar-refractivity contribution in [2.45, 2.75) is 25.8 Å². The van der Waals surface area contributed by atoms with Gasteiger partial charge in [-0.05, 0) is 36.6 Å². The summed E-state index contributed by atoms with van der Waals surface area (Å²) in [5.41, 5.74) is 3.30. The van der Waals surface area contributed by atoms with Gasteiger partial charge in [0.15, 0.2) is 5.58 Å². The topological polar surface area (TPSA) is 58.4 Å². The number of fused-ring (bicyclic) bond motifs is 1. The van der Waals surface area contributed by atoms with Crippen molar-refractivity contribution in [1.29, 1.82) is 0 Å². The van der Waals surface area contributed by atoms with Gasteiger partial charge in [-0.3, -0.25) is 4.79 Å². The van der Waals surface area contributed by atoms with Gasteiger partial charge < -0.3 is 14.6 Å². The molecule has 0 unspecified atom stereocenters. The van der Waals surface area contributed by atoms with Crippen LogP contribution < -0.4 is 5.32 Å². The summed E-state index contributed by atoms with van der Waals surface area (Å²) in [5.74, 6) is 0.0936. The highest BCUT2D eigenvalue weighted by molar-refractivity contribution is 6.31. The van der Waals surface area contributed by atoms with Gasteiger partial charge >= 0.3 is 0 Å². The molecule has 1 aliphatic heterocycles. The van der Waals surface area contributed by atoms with Gasteiger partial charge in [0.25, 0.3) is 11.9 Å². The molecule has 1 aliphatic rings. The van der Waals surface area contributed by atoms with Crippen LogP contribution in [0.3, 0.4) is 0 Å². The first-order chi connectivity index (χ1) is 12.6. The molecule has 1 amide bonds. The lowest BCUT2D eigenvalue weighted by molar-refractivity contribution is 0.0790. The van der Waals surface area contributed by atoms with E-state index in [9.17, 15) is 4.79 Å². The van der Waals surface area contributed by atoms with E-state index in [1.54, 1.807) is 12.1 Å². The number of rotatable bonds is 4. The number of oxazole rings is 1. The zero-order chi connectivity index (χ0) is 18.1. The molecule has 134 valence electrons. The third-order valence-electron chi connectivity index (χ3n) is 4.78. The number of likely N-dealkylation sites (tertiary alicyclic amines) is 1. The molecule has 1 aromatic heterocycles. The predicted octanol–water partition coefficient (Wildman–Crippen LogP) is 4.37. The third-order valence-corrected chi connectivity index (χ3v) is 5.02. The third kappa shape index (κ3) is 3.27. The molecule has 5 nitrogen and oxygen atoms in total. The SMILES string of the molecule is CCc1ccccc1C(=O)N1CC[C@@H](Nc2nc3ccc(Cl)cc3o2)C1. The van der Waals surface area contributed by atoms with E-state index in [1.165, 1.54) is 0 Å². The first-order valence-electron chi connectivity index (χ1n) is 8.84. The lowest BCUT2D eigenvalue weighted by Gasteiger charge is -2.18. The van der Waals surface area contributed by atoms with E-state index in [-0.39, 0.29) is 11.9 Å². The molecule has 1 saturated heterocycles. The average Bonchev–Trinajstić information content (AvgIpc) is 3.27. The van der Waals surface area contributed by atoms with E-state index in [0.29, 0.717) is 23.2 Å². The van der Waals surface area contributed by atoms with Crippen LogP contribution >= 0.6 is 11.6 Å². The molecule has 0 saturated carbocycles. The number of hydrogen-bond acceptors (Lipinski definition) is 4. The Morgan fingerprint density at radius 1 is 1.35 bits per heavy atom. The highest BCUT2D eigenvalue weighted by Gasteiger charge is 2.28. The number of nitrogens with one attached hydrogen (secondary N) is 1. The Labute approximate surface area is 157 Å². The van der Waals surface area contributed by atoms with Crippen LogP contribution in [0.15, 0.2) is 46.9 Å². The van der Waals surface area contributed by atoms with E-state index in [1.807, 2.05) is 35.2 Å². The largest absolute Gasteiger partial charge is 0.423 e. The van der Waals surface area contributed by atoms with Crippen molar-refractivity contribution in [1.82, 2.24) is 9.88 Å². The lowest BCUT2D eigenvalue weighted by atomic mass is 10.0. The van der Waals surface area contributed by atoms with Gasteiger partial charge in [-0.2, -0.15) is 4.98 Å². The Hall–Kier alpha value is -2.53. The predicted molar refractivity (Wildman–Crippen MR) is 103 cm³/mol. The molecular formula is C20H20ClN3O2. The van der Waals surface area contributed by atoms with E-state index in [2.05, 4.69) is 17.2 Å². The number of carbonyl (C=O) groups is 1. The maximum absolute atomic E-state index is 12.8. The Morgan fingerprint density at radius 3 is 3.04 bits per heavy atom. The van der Waals surface area contributed by atoms with Crippen LogP contribution in [0, 0.1) is 0 Å². The second kappa shape index (κ2) is 7.00. The molecular weight excluding hydrogens is 350 g/mol. The van der Waals surface area contributed by atoms with Gasteiger partial charge in [0.1, 0.15) is 5.52 Å². The maximum Gasteiger partial charge on any atom is 0.295 e. The van der Waals surface area contributed by atoms with Crippen molar-refractivity contribution in [3.8, 4) is 0 Å². The molecule has 1 fully saturated rings. The Kier molecular flexibility index (Phi) is 4.55. The normalized spacial score (nSPS) is 17.0. The summed E-state index contributed by atoms with van der Waals surface area (Å²) in [6, 6.07) is 13.8. The van der Waals surface area contributed by atoms with Crippen molar-refractivity contribution in [3.63, 3.8) is 0 Å². The van der Waals surface area contributed by atoms with Gasteiger partial charge in [0.2, 0.25) is 0 Å². The van der Waals surface area contributed by atoms with E-state index in [4.69, 9.17) is 16.0 Å². The number of benzene rings is 2. The van der Waals surface area contributed by atoms with E-state index >= 15 is 0 Å². The summed E-state index contributed by atoms with van der Waals surface area (Å²) in [4.78, 5) is 19.2. The fourth-order valence-electron chi connectivity index (χ4n) is 3.40. The van der Waals surface area contributed by atoms with E-state index in [0.717, 1.165) is 36.0 Å². The number of amides is 1. The summed E-state index contributed by atoms with van der Waals surface area (Å²) >= 11 is 5.98. The number of aromatic nitrogens is 1. The maximum atomic E-state index is 12.8. The second-order valence-electron chi connectivity index (χ2n) is 6.52. The highest BCUT2D eigenvalue weighted by Crippen LogP contribution is 2.24. The van der Waals surface area contributed by atoms with Gasteiger partial charge in [-0.15, -0.1) is 0 Å². The number of hydrogen-bond donors (Lipinski definition) is 1. The molecule has 26 heavy (non-hydrogen) atoms. The van der Waals surface area contributed by atoms with Crippen molar-refractivity contribution in [3.05, 3.63) is 58.6 Å². The zero-order valence-electron chi connectivity index (χ0n) is 14.5. The van der Waals surface area contributed by atoms with Crippen molar-refractivity contribution < 1.29 is 9.21 Å². The standard InChI is InChI=1S/C20H20ClN3O2/c1-2-13-5-3-4-6-16(13)19(25)24-10-9-15(12-24)22-20-23-17-8-7-14(21)11-18(17)26-20/h3-8,11,15H,2,9-10,12H2,1H3,(H,22,23)/t15-/m1/s1. The molecule has 0 aliphatic carbocycles. The van der Waals surface area contributed by atoms with Gasteiger partial charge in [-0.25, -0.2) is 0 Å². The summed E-state index contributed by atoms with van der Waals surface area (Å²) in [7, 11) is 0. The van der Waals surface area contributed by atoms with Gasteiger partial charge in [0.05, 0.1) is 0 Å². The highest BCUT2D eigenvalue weighted by atomic mass is 35.5. The zero-order valence-corrected chi connectivity index (χ0v) is 15.3. The molecule has 1 N–H and O–H groups in total. The fourth-order valence-corrected chi connectivity index (χ4v) is 3.57. The first kappa shape index (κ1) is 16.9. The molecule has 0 bridgehead atoms. The summed E-state index contributed by atoms with van der Waals surface area (Å²) in [6.45, 7) is 3.43. The van der Waals surface area contributed by atoms with Gasteiger partial charge in [-0.1, -0.05) is 36.7 Å². The van der Waals surface area contributed by atoms with E-state index < -0.39 is 0 Å². The van der Waals surface area contributed by atoms with Crippen LogP contribution in [0.25, 0.3) is 11.1 Å². The van der Waals surface area contributed by atoms with Crippen molar-refractivity contribution >= 4 is 34.6 Å². The molecule has 3 aromatic rings. The number of nitrogens with zero attached hydrogens (tertiary/aromatic N) is 2. The van der Waals surface area contributed by atoms with Crippen LogP contribution in [0.4, 0.5) is 6.01 Å². The van der Waals surface area contributed by atoms with Crippen LogP contribution in [-0.2, 0) is 6.42 Å². The molecule has 0 spiro atoms. The van der Waals surface area contributed by atoms with Crippen LogP contribution in [0.1, 0.15) is 29.3 Å². The fraction of sp³-hybridized carbons (Fsp3) is 0.300. The van der Waals surface area contributed by atoms with Crippen molar-refractivity contribution in [2.24, 2.45) is 0 Å². The molecule has 2 aromatic carbocycles. The average molecular weight is 370 g/mol. The second-order valence-corrected chi connectivity index (χ2v) is 6.96. The summed E-state index contributed by atoms with van der Waals surface area (Å²) < 4.78 is 5.72. The minimum absolute atomic E-state index is 0.0936. The van der Waals surface area contributed by atoms with Crippen LogP contribution in [-0.4, -0.2) is 34.9 Å². The minimum atomic E-state index is 0.0936. The lowest BCUT2D eigenvalue weighted by Crippen LogP contribution is -2.32. The number of anilines is 1. The summed E-state index contributed by atoms with van der Waals surface area (Å²) in [5, 5.41) is 3.92. The molecule has 4 rings (SSSR count). The van der Waals surface area contributed by atoms with Crippen molar-refractivity contribution in [2.75, 3.05) is 18.4 Å². The molecule has 6 heteroatoms. The first-order valence-corrected chi connectivity index (χ1v) is 9.21. The molecule has 0 radical (unpaired) electrons. The molecule has 2 heterocycles.